The van der Waals surface area contributed by atoms with Gasteiger partial charge in [0.1, 0.15) is 6.61 Å². The normalized spacial score (nSPS) is 11.3. The zero-order valence-electron chi connectivity index (χ0n) is 13.9. The van der Waals surface area contributed by atoms with Crippen molar-refractivity contribution >= 4 is 40.8 Å². The fourth-order valence-electron chi connectivity index (χ4n) is 2.08. The Balaban J connectivity index is 1.79. The van der Waals surface area contributed by atoms with Gasteiger partial charge in [-0.3, -0.25) is 9.98 Å². The maximum absolute atomic E-state index is 6.08. The molecular weight excluding hydrogens is 383 g/mol. The molecule has 1 aromatic heterocycles. The largest absolute Gasteiger partial charge is 0.489 e. The number of rotatable bonds is 6. The van der Waals surface area contributed by atoms with Crippen LogP contribution in [0.5, 0.6) is 5.75 Å². The van der Waals surface area contributed by atoms with Crippen LogP contribution in [0.1, 0.15) is 11.3 Å². The average Bonchev–Trinajstić information content (AvgIpc) is 2.57. The summed E-state index contributed by atoms with van der Waals surface area (Å²) in [6.07, 6.45) is 1.77. The molecule has 0 bridgehead atoms. The van der Waals surface area contributed by atoms with Crippen LogP contribution in [0.15, 0.2) is 35.5 Å². The molecule has 2 aromatic rings. The minimum absolute atomic E-state index is 0.365. The molecule has 2 rings (SSSR count). The van der Waals surface area contributed by atoms with Gasteiger partial charge in [-0.1, -0.05) is 40.9 Å². The molecule has 1 aromatic carbocycles. The molecule has 0 saturated heterocycles. The molecule has 0 atom stereocenters. The van der Waals surface area contributed by atoms with E-state index in [1.807, 2.05) is 19.1 Å². The molecule has 8 heteroatoms. The van der Waals surface area contributed by atoms with Crippen molar-refractivity contribution in [3.8, 4) is 5.75 Å². The predicted octanol–water partition coefficient (Wildman–Crippen LogP) is 4.09. The summed E-state index contributed by atoms with van der Waals surface area (Å²) in [5.41, 5.74) is 2.10. The Labute approximate surface area is 162 Å². The molecule has 0 amide bonds. The van der Waals surface area contributed by atoms with Gasteiger partial charge in [0.2, 0.25) is 0 Å². The fraction of sp³-hybridized carbons (Fsp3) is 0.294. The van der Waals surface area contributed by atoms with Gasteiger partial charge in [0, 0.05) is 18.3 Å². The minimum atomic E-state index is 0.365. The van der Waals surface area contributed by atoms with Gasteiger partial charge in [0.05, 0.1) is 28.8 Å². The maximum atomic E-state index is 6.08. The standard InChI is InChI=1S/C17H19Cl3N4O/c1-11-4-3-5-22-15(11)10-24-17(21-2)23-6-7-25-16-13(19)8-12(18)9-14(16)20/h3-5,8-9H,6-7,10H2,1-2H3,(H2,21,23,24). The van der Waals surface area contributed by atoms with Crippen molar-refractivity contribution in [3.05, 3.63) is 56.8 Å². The Morgan fingerprint density at radius 2 is 1.92 bits per heavy atom. The number of hydrogen-bond donors (Lipinski definition) is 2. The fourth-order valence-corrected chi connectivity index (χ4v) is 3.01. The van der Waals surface area contributed by atoms with Gasteiger partial charge in [-0.2, -0.15) is 0 Å². The lowest BCUT2D eigenvalue weighted by Gasteiger charge is -2.14. The number of aryl methyl sites for hydroxylation is 1. The van der Waals surface area contributed by atoms with E-state index in [0.29, 0.717) is 46.5 Å². The molecule has 134 valence electrons. The summed E-state index contributed by atoms with van der Waals surface area (Å²) in [5, 5.41) is 7.59. The lowest BCUT2D eigenvalue weighted by Crippen LogP contribution is -2.39. The van der Waals surface area contributed by atoms with Gasteiger partial charge in [0.15, 0.2) is 11.7 Å². The molecule has 5 nitrogen and oxygen atoms in total. The summed E-state index contributed by atoms with van der Waals surface area (Å²) < 4.78 is 5.62. The number of pyridine rings is 1. The molecule has 0 aliphatic carbocycles. The maximum Gasteiger partial charge on any atom is 0.191 e. The predicted molar refractivity (Wildman–Crippen MR) is 104 cm³/mol. The molecule has 2 N–H and O–H groups in total. The lowest BCUT2D eigenvalue weighted by atomic mass is 10.2. The van der Waals surface area contributed by atoms with Crippen LogP contribution in [-0.4, -0.2) is 31.1 Å². The smallest absolute Gasteiger partial charge is 0.191 e. The van der Waals surface area contributed by atoms with Crippen LogP contribution < -0.4 is 15.4 Å². The Bertz CT molecular complexity index is 729. The molecule has 0 fully saturated rings. The van der Waals surface area contributed by atoms with Crippen LogP contribution in [0.2, 0.25) is 15.1 Å². The molecule has 0 aliphatic heterocycles. The number of aliphatic imine (C=N–C) groups is 1. The van der Waals surface area contributed by atoms with Gasteiger partial charge >= 0.3 is 0 Å². The first-order valence-electron chi connectivity index (χ1n) is 7.63. The van der Waals surface area contributed by atoms with Gasteiger partial charge in [-0.15, -0.1) is 0 Å². The third kappa shape index (κ3) is 5.96. The molecule has 0 unspecified atom stereocenters. The SMILES string of the molecule is CN=C(NCCOc1c(Cl)cc(Cl)cc1Cl)NCc1ncccc1C. The molecule has 0 spiro atoms. The van der Waals surface area contributed by atoms with E-state index < -0.39 is 0 Å². The highest BCUT2D eigenvalue weighted by molar-refractivity contribution is 6.40. The number of hydrogen-bond acceptors (Lipinski definition) is 3. The van der Waals surface area contributed by atoms with Gasteiger partial charge < -0.3 is 15.4 Å². The Morgan fingerprint density at radius 3 is 2.56 bits per heavy atom. The van der Waals surface area contributed by atoms with E-state index in [9.17, 15) is 0 Å². The van der Waals surface area contributed by atoms with Crippen molar-refractivity contribution in [3.63, 3.8) is 0 Å². The van der Waals surface area contributed by atoms with E-state index in [1.54, 1.807) is 25.4 Å². The van der Waals surface area contributed by atoms with E-state index in [2.05, 4.69) is 20.6 Å². The summed E-state index contributed by atoms with van der Waals surface area (Å²) in [6, 6.07) is 7.12. The van der Waals surface area contributed by atoms with Crippen LogP contribution in [0.4, 0.5) is 0 Å². The summed E-state index contributed by atoms with van der Waals surface area (Å²) >= 11 is 18.0. The van der Waals surface area contributed by atoms with Crippen molar-refractivity contribution < 1.29 is 4.74 Å². The first kappa shape index (κ1) is 19.6. The van der Waals surface area contributed by atoms with E-state index in [0.717, 1.165) is 11.3 Å². The second-order valence-corrected chi connectivity index (χ2v) is 6.42. The monoisotopic (exact) mass is 400 g/mol. The highest BCUT2D eigenvalue weighted by Gasteiger charge is 2.09. The molecular formula is C17H19Cl3N4O. The molecule has 0 radical (unpaired) electrons. The minimum Gasteiger partial charge on any atom is -0.489 e. The Kier molecular flexibility index (Phi) is 7.62. The average molecular weight is 402 g/mol. The Morgan fingerprint density at radius 1 is 1.20 bits per heavy atom. The molecule has 0 aliphatic rings. The second kappa shape index (κ2) is 9.70. The summed E-state index contributed by atoms with van der Waals surface area (Å²) in [4.78, 5) is 8.50. The van der Waals surface area contributed by atoms with Crippen LogP contribution in [-0.2, 0) is 6.54 Å². The quantitative estimate of drug-likeness (QED) is 0.435. The van der Waals surface area contributed by atoms with Crippen molar-refractivity contribution in [2.24, 2.45) is 4.99 Å². The van der Waals surface area contributed by atoms with Gasteiger partial charge in [-0.25, -0.2) is 0 Å². The van der Waals surface area contributed by atoms with Crippen molar-refractivity contribution in [1.29, 1.82) is 0 Å². The van der Waals surface area contributed by atoms with E-state index >= 15 is 0 Å². The summed E-state index contributed by atoms with van der Waals surface area (Å²) in [5.74, 6) is 1.07. The number of ether oxygens (including phenoxy) is 1. The van der Waals surface area contributed by atoms with Gasteiger partial charge in [-0.05, 0) is 30.7 Å². The third-order valence-corrected chi connectivity index (χ3v) is 4.15. The first-order chi connectivity index (χ1) is 12.0. The zero-order chi connectivity index (χ0) is 18.2. The number of guanidine groups is 1. The molecule has 1 heterocycles. The molecule has 0 saturated carbocycles. The van der Waals surface area contributed by atoms with E-state index in [-0.39, 0.29) is 0 Å². The first-order valence-corrected chi connectivity index (χ1v) is 8.77. The van der Waals surface area contributed by atoms with Crippen molar-refractivity contribution in [2.45, 2.75) is 13.5 Å². The number of benzene rings is 1. The highest BCUT2D eigenvalue weighted by Crippen LogP contribution is 2.35. The zero-order valence-corrected chi connectivity index (χ0v) is 16.2. The van der Waals surface area contributed by atoms with Crippen LogP contribution in [0.3, 0.4) is 0 Å². The number of halogens is 3. The van der Waals surface area contributed by atoms with E-state index in [4.69, 9.17) is 39.5 Å². The second-order valence-electron chi connectivity index (χ2n) is 5.17. The topological polar surface area (TPSA) is 58.5 Å². The van der Waals surface area contributed by atoms with Crippen LogP contribution >= 0.6 is 34.8 Å². The number of nitrogens with one attached hydrogen (secondary N) is 2. The number of aromatic nitrogens is 1. The van der Waals surface area contributed by atoms with Crippen LogP contribution in [0, 0.1) is 6.92 Å². The summed E-state index contributed by atoms with van der Waals surface area (Å²) in [6.45, 7) is 3.50. The van der Waals surface area contributed by atoms with Crippen molar-refractivity contribution in [2.75, 3.05) is 20.2 Å². The van der Waals surface area contributed by atoms with Crippen molar-refractivity contribution in [1.82, 2.24) is 15.6 Å². The summed E-state index contributed by atoms with van der Waals surface area (Å²) in [7, 11) is 1.70. The Hall–Kier alpha value is -1.69. The van der Waals surface area contributed by atoms with Gasteiger partial charge in [0.25, 0.3) is 0 Å². The van der Waals surface area contributed by atoms with E-state index in [1.165, 1.54) is 0 Å². The molecule has 25 heavy (non-hydrogen) atoms. The third-order valence-electron chi connectivity index (χ3n) is 3.37. The highest BCUT2D eigenvalue weighted by atomic mass is 35.5. The van der Waals surface area contributed by atoms with Crippen LogP contribution in [0.25, 0.3) is 0 Å². The number of nitrogens with zero attached hydrogens (tertiary/aromatic N) is 2. The lowest BCUT2D eigenvalue weighted by molar-refractivity contribution is 0.322.